The standard InChI is InChI=1S/C17H24BrFO/c1-4-16(2,3)12-8-10-17(20,11-9-12)13-6-5-7-14(18)15(13)19/h5-7,12,20H,4,8-11H2,1-3H3. The van der Waals surface area contributed by atoms with Crippen LogP contribution in [0.15, 0.2) is 22.7 Å². The number of rotatable bonds is 3. The van der Waals surface area contributed by atoms with Crippen LogP contribution in [0.5, 0.6) is 0 Å². The van der Waals surface area contributed by atoms with Gasteiger partial charge in [-0.15, -0.1) is 0 Å². The van der Waals surface area contributed by atoms with E-state index in [1.165, 1.54) is 0 Å². The van der Waals surface area contributed by atoms with E-state index in [1.807, 2.05) is 0 Å². The van der Waals surface area contributed by atoms with Crippen LogP contribution in [0.2, 0.25) is 0 Å². The van der Waals surface area contributed by atoms with Gasteiger partial charge in [-0.25, -0.2) is 4.39 Å². The van der Waals surface area contributed by atoms with Crippen molar-refractivity contribution in [3.05, 3.63) is 34.1 Å². The predicted octanol–water partition coefficient (Wildman–Crippen LogP) is 5.40. The van der Waals surface area contributed by atoms with E-state index in [9.17, 15) is 9.50 Å². The maximum atomic E-state index is 14.2. The normalized spacial score (nSPS) is 27.6. The maximum Gasteiger partial charge on any atom is 0.143 e. The molecule has 1 fully saturated rings. The van der Waals surface area contributed by atoms with Crippen molar-refractivity contribution in [1.82, 2.24) is 0 Å². The lowest BCUT2D eigenvalue weighted by atomic mass is 9.65. The average Bonchev–Trinajstić information content (AvgIpc) is 2.42. The molecule has 0 aromatic heterocycles. The highest BCUT2D eigenvalue weighted by molar-refractivity contribution is 9.10. The molecule has 0 heterocycles. The molecule has 112 valence electrons. The second-order valence-electron chi connectivity index (χ2n) is 6.75. The van der Waals surface area contributed by atoms with Gasteiger partial charge in [0, 0.05) is 5.56 Å². The molecule has 0 spiro atoms. The summed E-state index contributed by atoms with van der Waals surface area (Å²) in [5.41, 5.74) is -0.259. The summed E-state index contributed by atoms with van der Waals surface area (Å²) in [5, 5.41) is 10.8. The number of hydrogen-bond donors (Lipinski definition) is 1. The van der Waals surface area contributed by atoms with Crippen molar-refractivity contribution in [1.29, 1.82) is 0 Å². The summed E-state index contributed by atoms with van der Waals surface area (Å²) in [6, 6.07) is 5.18. The summed E-state index contributed by atoms with van der Waals surface area (Å²) < 4.78 is 14.7. The first-order valence-electron chi connectivity index (χ1n) is 7.47. The fourth-order valence-electron chi connectivity index (χ4n) is 3.30. The molecular formula is C17H24BrFO. The van der Waals surface area contributed by atoms with E-state index in [-0.39, 0.29) is 5.82 Å². The molecule has 0 amide bonds. The largest absolute Gasteiger partial charge is 0.385 e. The first-order chi connectivity index (χ1) is 9.30. The van der Waals surface area contributed by atoms with Gasteiger partial charge in [-0.3, -0.25) is 0 Å². The van der Waals surface area contributed by atoms with Crippen LogP contribution in [0.3, 0.4) is 0 Å². The molecule has 0 atom stereocenters. The van der Waals surface area contributed by atoms with Gasteiger partial charge in [0.05, 0.1) is 10.1 Å². The molecule has 1 aromatic rings. The fourth-order valence-corrected chi connectivity index (χ4v) is 3.66. The third-order valence-electron chi connectivity index (χ3n) is 5.28. The molecule has 20 heavy (non-hydrogen) atoms. The predicted molar refractivity (Wildman–Crippen MR) is 84.0 cm³/mol. The number of hydrogen-bond acceptors (Lipinski definition) is 1. The first kappa shape index (κ1) is 16.0. The van der Waals surface area contributed by atoms with Crippen LogP contribution in [0.25, 0.3) is 0 Å². The van der Waals surface area contributed by atoms with E-state index in [2.05, 4.69) is 36.7 Å². The van der Waals surface area contributed by atoms with Gasteiger partial charge in [-0.05, 0) is 59.0 Å². The molecule has 0 unspecified atom stereocenters. The first-order valence-corrected chi connectivity index (χ1v) is 8.26. The highest BCUT2D eigenvalue weighted by Crippen LogP contribution is 2.47. The molecule has 2 rings (SSSR count). The Morgan fingerprint density at radius 1 is 1.35 bits per heavy atom. The second-order valence-corrected chi connectivity index (χ2v) is 7.60. The molecule has 1 aliphatic rings. The molecule has 3 heteroatoms. The number of benzene rings is 1. The summed E-state index contributed by atoms with van der Waals surface area (Å²) >= 11 is 3.21. The Balaban J connectivity index is 2.18. The molecule has 0 saturated heterocycles. The molecule has 1 N–H and O–H groups in total. The third-order valence-corrected chi connectivity index (χ3v) is 5.89. The minimum Gasteiger partial charge on any atom is -0.385 e. The zero-order valence-corrected chi connectivity index (χ0v) is 14.1. The van der Waals surface area contributed by atoms with Crippen LogP contribution in [-0.4, -0.2) is 5.11 Å². The second kappa shape index (κ2) is 5.76. The van der Waals surface area contributed by atoms with Crippen LogP contribution in [0.4, 0.5) is 4.39 Å². The van der Waals surface area contributed by atoms with E-state index < -0.39 is 5.60 Å². The Morgan fingerprint density at radius 2 is 1.95 bits per heavy atom. The molecule has 1 aliphatic carbocycles. The average molecular weight is 343 g/mol. The van der Waals surface area contributed by atoms with Gasteiger partial charge in [-0.2, -0.15) is 0 Å². The third kappa shape index (κ3) is 2.94. The van der Waals surface area contributed by atoms with Crippen LogP contribution < -0.4 is 0 Å². The maximum absolute atomic E-state index is 14.2. The van der Waals surface area contributed by atoms with Gasteiger partial charge in [-0.1, -0.05) is 39.3 Å². The summed E-state index contributed by atoms with van der Waals surface area (Å²) in [7, 11) is 0. The number of aliphatic hydroxyl groups is 1. The van der Waals surface area contributed by atoms with Gasteiger partial charge in [0.15, 0.2) is 0 Å². The monoisotopic (exact) mass is 342 g/mol. The van der Waals surface area contributed by atoms with Gasteiger partial charge in [0.25, 0.3) is 0 Å². The SMILES string of the molecule is CCC(C)(C)C1CCC(O)(c2cccc(Br)c2F)CC1. The Hall–Kier alpha value is -0.410. The zero-order valence-electron chi connectivity index (χ0n) is 12.5. The summed E-state index contributed by atoms with van der Waals surface area (Å²) in [6.45, 7) is 6.80. The van der Waals surface area contributed by atoms with E-state index in [0.717, 1.165) is 19.3 Å². The Bertz CT molecular complexity index is 476. The molecule has 0 bridgehead atoms. The van der Waals surface area contributed by atoms with E-state index in [0.29, 0.717) is 34.2 Å². The van der Waals surface area contributed by atoms with Crippen LogP contribution in [0.1, 0.15) is 58.4 Å². The quantitative estimate of drug-likeness (QED) is 0.779. The molecule has 1 aromatic carbocycles. The zero-order chi connectivity index (χ0) is 15.0. The van der Waals surface area contributed by atoms with E-state index in [4.69, 9.17) is 0 Å². The molecule has 1 nitrogen and oxygen atoms in total. The lowest BCUT2D eigenvalue weighted by molar-refractivity contribution is -0.0352. The van der Waals surface area contributed by atoms with Crippen molar-refractivity contribution < 1.29 is 9.50 Å². The Labute approximate surface area is 129 Å². The van der Waals surface area contributed by atoms with Crippen molar-refractivity contribution in [3.63, 3.8) is 0 Å². The van der Waals surface area contributed by atoms with Crippen molar-refractivity contribution in [2.24, 2.45) is 11.3 Å². The van der Waals surface area contributed by atoms with E-state index >= 15 is 0 Å². The van der Waals surface area contributed by atoms with Crippen molar-refractivity contribution in [2.45, 2.75) is 58.5 Å². The van der Waals surface area contributed by atoms with Gasteiger partial charge < -0.3 is 5.11 Å². The molecule has 0 radical (unpaired) electrons. The van der Waals surface area contributed by atoms with Gasteiger partial charge in [0.2, 0.25) is 0 Å². The summed E-state index contributed by atoms with van der Waals surface area (Å²) in [6.07, 6.45) is 4.36. The van der Waals surface area contributed by atoms with Gasteiger partial charge >= 0.3 is 0 Å². The lowest BCUT2D eigenvalue weighted by Crippen LogP contribution is -2.36. The fraction of sp³-hybridized carbons (Fsp3) is 0.647. The summed E-state index contributed by atoms with van der Waals surface area (Å²) in [5.74, 6) is 0.297. The van der Waals surface area contributed by atoms with Crippen molar-refractivity contribution in [3.8, 4) is 0 Å². The van der Waals surface area contributed by atoms with Crippen molar-refractivity contribution in [2.75, 3.05) is 0 Å². The van der Waals surface area contributed by atoms with Crippen molar-refractivity contribution >= 4 is 15.9 Å². The number of halogens is 2. The van der Waals surface area contributed by atoms with Crippen LogP contribution in [-0.2, 0) is 5.60 Å². The Morgan fingerprint density at radius 3 is 2.50 bits per heavy atom. The molecule has 1 saturated carbocycles. The molecule has 0 aliphatic heterocycles. The topological polar surface area (TPSA) is 20.2 Å². The minimum atomic E-state index is -1.01. The summed E-state index contributed by atoms with van der Waals surface area (Å²) in [4.78, 5) is 0. The smallest absolute Gasteiger partial charge is 0.143 e. The highest BCUT2D eigenvalue weighted by atomic mass is 79.9. The Kier molecular flexibility index (Phi) is 4.60. The lowest BCUT2D eigenvalue weighted by Gasteiger charge is -2.42. The van der Waals surface area contributed by atoms with Crippen LogP contribution in [0, 0.1) is 17.2 Å². The van der Waals surface area contributed by atoms with Crippen LogP contribution >= 0.6 is 15.9 Å². The van der Waals surface area contributed by atoms with E-state index in [1.54, 1.807) is 18.2 Å². The minimum absolute atomic E-state index is 0.303. The van der Waals surface area contributed by atoms with Gasteiger partial charge in [0.1, 0.15) is 5.82 Å². The molecular weight excluding hydrogens is 319 g/mol. The highest BCUT2D eigenvalue weighted by Gasteiger charge is 2.40.